The molecule has 0 aliphatic carbocycles. The van der Waals surface area contributed by atoms with E-state index in [1.807, 2.05) is 0 Å². The van der Waals surface area contributed by atoms with E-state index in [1.54, 1.807) is 49.4 Å². The van der Waals surface area contributed by atoms with Gasteiger partial charge in [0.1, 0.15) is 17.2 Å². The second-order valence-electron chi connectivity index (χ2n) is 5.33. The molecule has 0 radical (unpaired) electrons. The molecular formula is C18H20FNO3. The van der Waals surface area contributed by atoms with Gasteiger partial charge in [0.05, 0.1) is 13.7 Å². The Morgan fingerprint density at radius 3 is 2.57 bits per heavy atom. The fourth-order valence-electron chi connectivity index (χ4n) is 2.28. The number of carbonyl (C=O) groups excluding carboxylic acids is 1. The SMILES string of the molecule is COc1cccc(C(=O)NCC(C)(OC)c2ccccc2F)c1. The zero-order chi connectivity index (χ0) is 16.9. The molecule has 2 aromatic rings. The van der Waals surface area contributed by atoms with Crippen molar-refractivity contribution < 1.29 is 18.7 Å². The van der Waals surface area contributed by atoms with Gasteiger partial charge in [-0.3, -0.25) is 4.79 Å². The van der Waals surface area contributed by atoms with E-state index in [9.17, 15) is 9.18 Å². The maximum atomic E-state index is 14.0. The van der Waals surface area contributed by atoms with Gasteiger partial charge in [0, 0.05) is 18.2 Å². The Bertz CT molecular complexity index is 689. The van der Waals surface area contributed by atoms with Crippen LogP contribution in [0.2, 0.25) is 0 Å². The molecule has 0 aromatic heterocycles. The van der Waals surface area contributed by atoms with Crippen LogP contribution in [-0.4, -0.2) is 26.7 Å². The van der Waals surface area contributed by atoms with E-state index >= 15 is 0 Å². The second kappa shape index (κ2) is 7.24. The highest BCUT2D eigenvalue weighted by Crippen LogP contribution is 2.26. The minimum Gasteiger partial charge on any atom is -0.497 e. The van der Waals surface area contributed by atoms with Crippen molar-refractivity contribution in [3.05, 3.63) is 65.5 Å². The van der Waals surface area contributed by atoms with Gasteiger partial charge in [0.15, 0.2) is 0 Å². The first-order valence-electron chi connectivity index (χ1n) is 7.22. The smallest absolute Gasteiger partial charge is 0.251 e. The van der Waals surface area contributed by atoms with Crippen LogP contribution >= 0.6 is 0 Å². The van der Waals surface area contributed by atoms with Gasteiger partial charge < -0.3 is 14.8 Å². The third kappa shape index (κ3) is 3.87. The summed E-state index contributed by atoms with van der Waals surface area (Å²) in [5.74, 6) is -0.0442. The molecule has 0 fully saturated rings. The van der Waals surface area contributed by atoms with Gasteiger partial charge in [-0.2, -0.15) is 0 Å². The Hall–Kier alpha value is -2.40. The van der Waals surface area contributed by atoms with Crippen molar-refractivity contribution in [2.75, 3.05) is 20.8 Å². The largest absolute Gasteiger partial charge is 0.497 e. The lowest BCUT2D eigenvalue weighted by Crippen LogP contribution is -2.40. The van der Waals surface area contributed by atoms with Crippen molar-refractivity contribution in [3.63, 3.8) is 0 Å². The molecule has 4 nitrogen and oxygen atoms in total. The lowest BCUT2D eigenvalue weighted by Gasteiger charge is -2.29. The molecule has 0 heterocycles. The van der Waals surface area contributed by atoms with Gasteiger partial charge in [0.2, 0.25) is 0 Å². The van der Waals surface area contributed by atoms with Crippen LogP contribution in [0.3, 0.4) is 0 Å². The lowest BCUT2D eigenvalue weighted by molar-refractivity contribution is 0.000388. The number of nitrogens with one attached hydrogen (secondary N) is 1. The minimum atomic E-state index is -0.958. The average Bonchev–Trinajstić information content (AvgIpc) is 2.59. The summed E-state index contributed by atoms with van der Waals surface area (Å²) >= 11 is 0. The number of hydrogen-bond donors (Lipinski definition) is 1. The predicted molar refractivity (Wildman–Crippen MR) is 86.1 cm³/mol. The van der Waals surface area contributed by atoms with Crippen LogP contribution in [0, 0.1) is 5.82 Å². The topological polar surface area (TPSA) is 47.6 Å². The van der Waals surface area contributed by atoms with Crippen LogP contribution < -0.4 is 10.1 Å². The van der Waals surface area contributed by atoms with Crippen LogP contribution in [0.5, 0.6) is 5.75 Å². The number of rotatable bonds is 6. The van der Waals surface area contributed by atoms with Crippen LogP contribution in [0.4, 0.5) is 4.39 Å². The molecule has 1 amide bonds. The highest BCUT2D eigenvalue weighted by atomic mass is 19.1. The molecule has 1 atom stereocenters. The molecular weight excluding hydrogens is 297 g/mol. The number of amides is 1. The molecule has 1 N–H and O–H groups in total. The summed E-state index contributed by atoms with van der Waals surface area (Å²) in [6.45, 7) is 1.87. The van der Waals surface area contributed by atoms with Gasteiger partial charge >= 0.3 is 0 Å². The molecule has 23 heavy (non-hydrogen) atoms. The van der Waals surface area contributed by atoms with E-state index in [0.29, 0.717) is 16.9 Å². The third-order valence-corrected chi connectivity index (χ3v) is 3.81. The summed E-state index contributed by atoms with van der Waals surface area (Å²) in [6, 6.07) is 13.2. The fraction of sp³-hybridized carbons (Fsp3) is 0.278. The van der Waals surface area contributed by atoms with E-state index < -0.39 is 5.60 Å². The number of ether oxygens (including phenoxy) is 2. The van der Waals surface area contributed by atoms with E-state index in [4.69, 9.17) is 9.47 Å². The summed E-state index contributed by atoms with van der Waals surface area (Å²) in [7, 11) is 3.03. The highest BCUT2D eigenvalue weighted by molar-refractivity contribution is 5.94. The van der Waals surface area contributed by atoms with Crippen molar-refractivity contribution in [1.82, 2.24) is 5.32 Å². The van der Waals surface area contributed by atoms with E-state index in [1.165, 1.54) is 20.3 Å². The third-order valence-electron chi connectivity index (χ3n) is 3.81. The maximum Gasteiger partial charge on any atom is 0.251 e. The summed E-state index contributed by atoms with van der Waals surface area (Å²) in [5, 5.41) is 2.78. The minimum absolute atomic E-state index is 0.139. The Kier molecular flexibility index (Phi) is 5.34. The number of halogens is 1. The van der Waals surface area contributed by atoms with Gasteiger partial charge in [0.25, 0.3) is 5.91 Å². The molecule has 0 aliphatic rings. The summed E-state index contributed by atoms with van der Waals surface area (Å²) in [5.41, 5.74) is -0.0929. The van der Waals surface area contributed by atoms with Crippen LogP contribution in [0.25, 0.3) is 0 Å². The van der Waals surface area contributed by atoms with Crippen LogP contribution in [-0.2, 0) is 10.3 Å². The van der Waals surface area contributed by atoms with Gasteiger partial charge in [-0.15, -0.1) is 0 Å². The zero-order valence-corrected chi connectivity index (χ0v) is 13.4. The number of benzene rings is 2. The second-order valence-corrected chi connectivity index (χ2v) is 5.33. The quantitative estimate of drug-likeness (QED) is 0.890. The standard InChI is InChI=1S/C18H20FNO3/c1-18(23-3,15-9-4-5-10-16(15)19)12-20-17(21)13-7-6-8-14(11-13)22-2/h4-11H,12H2,1-3H3,(H,20,21). The van der Waals surface area contributed by atoms with Crippen molar-refractivity contribution in [2.24, 2.45) is 0 Å². The Balaban J connectivity index is 2.13. The van der Waals surface area contributed by atoms with Gasteiger partial charge in [-0.05, 0) is 31.2 Å². The molecule has 5 heteroatoms. The van der Waals surface area contributed by atoms with Gasteiger partial charge in [-0.1, -0.05) is 24.3 Å². The van der Waals surface area contributed by atoms with Crippen LogP contribution in [0.1, 0.15) is 22.8 Å². The predicted octanol–water partition coefficient (Wildman–Crippen LogP) is 3.13. The molecule has 2 aromatic carbocycles. The molecule has 1 unspecified atom stereocenters. The maximum absolute atomic E-state index is 14.0. The number of carbonyl (C=O) groups is 1. The Morgan fingerprint density at radius 1 is 1.17 bits per heavy atom. The van der Waals surface area contributed by atoms with E-state index in [-0.39, 0.29) is 18.3 Å². The molecule has 0 bridgehead atoms. The first-order valence-corrected chi connectivity index (χ1v) is 7.22. The first kappa shape index (κ1) is 17.0. The van der Waals surface area contributed by atoms with E-state index in [0.717, 1.165) is 0 Å². The Labute approximate surface area is 135 Å². The van der Waals surface area contributed by atoms with Crippen molar-refractivity contribution in [2.45, 2.75) is 12.5 Å². The summed E-state index contributed by atoms with van der Waals surface area (Å²) in [4.78, 5) is 12.3. The fourth-order valence-corrected chi connectivity index (χ4v) is 2.28. The monoisotopic (exact) mass is 317 g/mol. The summed E-state index contributed by atoms with van der Waals surface area (Å²) in [6.07, 6.45) is 0. The summed E-state index contributed by atoms with van der Waals surface area (Å²) < 4.78 is 24.6. The molecule has 2 rings (SSSR count). The highest BCUT2D eigenvalue weighted by Gasteiger charge is 2.29. The first-order chi connectivity index (χ1) is 11.0. The molecule has 0 saturated carbocycles. The Morgan fingerprint density at radius 2 is 1.91 bits per heavy atom. The van der Waals surface area contributed by atoms with Crippen molar-refractivity contribution in [3.8, 4) is 5.75 Å². The molecule has 0 saturated heterocycles. The van der Waals surface area contributed by atoms with Crippen LogP contribution in [0.15, 0.2) is 48.5 Å². The van der Waals surface area contributed by atoms with Crippen molar-refractivity contribution in [1.29, 1.82) is 0 Å². The van der Waals surface area contributed by atoms with E-state index in [2.05, 4.69) is 5.32 Å². The number of methoxy groups -OCH3 is 2. The van der Waals surface area contributed by atoms with Crippen molar-refractivity contribution >= 4 is 5.91 Å². The zero-order valence-electron chi connectivity index (χ0n) is 13.4. The van der Waals surface area contributed by atoms with Gasteiger partial charge in [-0.25, -0.2) is 4.39 Å². The normalized spacial score (nSPS) is 13.2. The molecule has 122 valence electrons. The lowest BCUT2D eigenvalue weighted by atomic mass is 9.95. The number of hydrogen-bond acceptors (Lipinski definition) is 3. The molecule has 0 aliphatic heterocycles. The average molecular weight is 317 g/mol. The molecule has 0 spiro atoms.